The van der Waals surface area contributed by atoms with Crippen molar-refractivity contribution in [3.8, 4) is 0 Å². The van der Waals surface area contributed by atoms with Crippen molar-refractivity contribution in [3.63, 3.8) is 0 Å². The largest absolute Gasteiger partial charge is 0.0843 e. The Bertz CT molecular complexity index is 422. The standard InChI is InChI=1S/C13H10BrCl/c14-13(10-4-2-1-3-5-10)11-6-8-12(15)9-7-11/h1-9,13H/t13-/m1/s1. The van der Waals surface area contributed by atoms with Crippen molar-refractivity contribution in [3.05, 3.63) is 70.7 Å². The van der Waals surface area contributed by atoms with Crippen LogP contribution in [0.25, 0.3) is 0 Å². The zero-order valence-corrected chi connectivity index (χ0v) is 10.4. The van der Waals surface area contributed by atoms with Gasteiger partial charge in [-0.05, 0) is 23.3 Å². The van der Waals surface area contributed by atoms with E-state index in [1.165, 1.54) is 11.1 Å². The second kappa shape index (κ2) is 4.82. The van der Waals surface area contributed by atoms with E-state index in [4.69, 9.17) is 11.6 Å². The van der Waals surface area contributed by atoms with E-state index in [9.17, 15) is 0 Å². The van der Waals surface area contributed by atoms with Crippen LogP contribution in [-0.2, 0) is 0 Å². The first-order chi connectivity index (χ1) is 7.27. The van der Waals surface area contributed by atoms with Crippen LogP contribution in [0.5, 0.6) is 0 Å². The Kier molecular flexibility index (Phi) is 3.45. The van der Waals surface area contributed by atoms with Gasteiger partial charge in [0, 0.05) is 5.02 Å². The molecule has 2 heteroatoms. The average molecular weight is 282 g/mol. The molecule has 0 aliphatic rings. The molecule has 0 N–H and O–H groups in total. The van der Waals surface area contributed by atoms with Gasteiger partial charge < -0.3 is 0 Å². The van der Waals surface area contributed by atoms with Gasteiger partial charge >= 0.3 is 0 Å². The first-order valence-corrected chi connectivity index (χ1v) is 6.01. The SMILES string of the molecule is Clc1ccc([C@H](Br)c2ccccc2)cc1. The predicted octanol–water partition coefficient (Wildman–Crippen LogP) is 4.82. The third kappa shape index (κ3) is 2.61. The van der Waals surface area contributed by atoms with Crippen molar-refractivity contribution in [2.75, 3.05) is 0 Å². The summed E-state index contributed by atoms with van der Waals surface area (Å²) in [6.07, 6.45) is 0. The fraction of sp³-hybridized carbons (Fsp3) is 0.0769. The molecule has 0 spiro atoms. The van der Waals surface area contributed by atoms with E-state index in [0.717, 1.165) is 5.02 Å². The topological polar surface area (TPSA) is 0 Å². The van der Waals surface area contributed by atoms with E-state index in [0.29, 0.717) is 0 Å². The smallest absolute Gasteiger partial charge is 0.0644 e. The maximum atomic E-state index is 5.85. The normalized spacial score (nSPS) is 12.4. The van der Waals surface area contributed by atoms with E-state index in [2.05, 4.69) is 28.1 Å². The van der Waals surface area contributed by atoms with Crippen molar-refractivity contribution in [2.24, 2.45) is 0 Å². The summed E-state index contributed by atoms with van der Waals surface area (Å²) in [5, 5.41) is 0.770. The van der Waals surface area contributed by atoms with Crippen molar-refractivity contribution in [1.29, 1.82) is 0 Å². The highest BCUT2D eigenvalue weighted by Gasteiger charge is 2.08. The highest BCUT2D eigenvalue weighted by atomic mass is 79.9. The van der Waals surface area contributed by atoms with Crippen LogP contribution in [0.3, 0.4) is 0 Å². The Hall–Kier alpha value is -0.790. The average Bonchev–Trinajstić information content (AvgIpc) is 2.30. The van der Waals surface area contributed by atoms with Crippen molar-refractivity contribution >= 4 is 27.5 Å². The fourth-order valence-corrected chi connectivity index (χ4v) is 2.18. The summed E-state index contributed by atoms with van der Waals surface area (Å²) in [5.41, 5.74) is 2.46. The van der Waals surface area contributed by atoms with Gasteiger partial charge in [-0.25, -0.2) is 0 Å². The number of benzene rings is 2. The molecular formula is C13H10BrCl. The predicted molar refractivity (Wildman–Crippen MR) is 68.7 cm³/mol. The number of alkyl halides is 1. The maximum Gasteiger partial charge on any atom is 0.0644 e. The molecule has 0 amide bonds. The lowest BCUT2D eigenvalue weighted by Crippen LogP contribution is -1.91. The molecule has 0 saturated carbocycles. The Morgan fingerprint density at radius 3 is 1.93 bits per heavy atom. The van der Waals surface area contributed by atoms with Gasteiger partial charge in [0.25, 0.3) is 0 Å². The zero-order chi connectivity index (χ0) is 10.7. The van der Waals surface area contributed by atoms with Crippen LogP contribution in [0.1, 0.15) is 16.0 Å². The van der Waals surface area contributed by atoms with E-state index >= 15 is 0 Å². The van der Waals surface area contributed by atoms with Gasteiger partial charge in [0.15, 0.2) is 0 Å². The number of halogens is 2. The maximum absolute atomic E-state index is 5.85. The lowest BCUT2D eigenvalue weighted by molar-refractivity contribution is 1.18. The molecule has 0 saturated heterocycles. The molecule has 0 bridgehead atoms. The molecule has 0 unspecified atom stereocenters. The fourth-order valence-electron chi connectivity index (χ4n) is 1.45. The third-order valence-electron chi connectivity index (χ3n) is 2.25. The van der Waals surface area contributed by atoms with Crippen molar-refractivity contribution in [1.82, 2.24) is 0 Å². The lowest BCUT2D eigenvalue weighted by Gasteiger charge is -2.10. The van der Waals surface area contributed by atoms with Crippen LogP contribution in [0.4, 0.5) is 0 Å². The van der Waals surface area contributed by atoms with Crippen molar-refractivity contribution in [2.45, 2.75) is 4.83 Å². The van der Waals surface area contributed by atoms with E-state index in [1.807, 2.05) is 42.5 Å². The zero-order valence-electron chi connectivity index (χ0n) is 8.03. The van der Waals surface area contributed by atoms with Crippen LogP contribution >= 0.6 is 27.5 Å². The first-order valence-electron chi connectivity index (χ1n) is 4.72. The minimum Gasteiger partial charge on any atom is -0.0843 e. The van der Waals surface area contributed by atoms with Crippen LogP contribution < -0.4 is 0 Å². The molecule has 2 aromatic carbocycles. The highest BCUT2D eigenvalue weighted by molar-refractivity contribution is 9.09. The minimum absolute atomic E-state index is 0.232. The molecular weight excluding hydrogens is 272 g/mol. The minimum atomic E-state index is 0.232. The molecule has 76 valence electrons. The Morgan fingerprint density at radius 1 is 0.800 bits per heavy atom. The van der Waals surface area contributed by atoms with Crippen LogP contribution in [0.15, 0.2) is 54.6 Å². The summed E-state index contributed by atoms with van der Waals surface area (Å²) in [6, 6.07) is 18.2. The van der Waals surface area contributed by atoms with Gasteiger partial charge in [0.2, 0.25) is 0 Å². The van der Waals surface area contributed by atoms with E-state index in [-0.39, 0.29) is 4.83 Å². The summed E-state index contributed by atoms with van der Waals surface area (Å²) in [5.74, 6) is 0. The number of rotatable bonds is 2. The summed E-state index contributed by atoms with van der Waals surface area (Å²) >= 11 is 9.52. The molecule has 2 rings (SSSR count). The summed E-state index contributed by atoms with van der Waals surface area (Å²) < 4.78 is 0. The monoisotopic (exact) mass is 280 g/mol. The Balaban J connectivity index is 2.29. The molecule has 0 nitrogen and oxygen atoms in total. The molecule has 2 aromatic rings. The van der Waals surface area contributed by atoms with Gasteiger partial charge in [-0.3, -0.25) is 0 Å². The quantitative estimate of drug-likeness (QED) is 0.692. The van der Waals surface area contributed by atoms with Gasteiger partial charge in [0.05, 0.1) is 4.83 Å². The van der Waals surface area contributed by atoms with Gasteiger partial charge in [-0.2, -0.15) is 0 Å². The Labute approximate surface area is 103 Å². The van der Waals surface area contributed by atoms with E-state index < -0.39 is 0 Å². The molecule has 0 aromatic heterocycles. The summed E-state index contributed by atoms with van der Waals surface area (Å²) in [7, 11) is 0. The number of hydrogen-bond acceptors (Lipinski definition) is 0. The van der Waals surface area contributed by atoms with Crippen molar-refractivity contribution < 1.29 is 0 Å². The molecule has 0 aliphatic carbocycles. The summed E-state index contributed by atoms with van der Waals surface area (Å²) in [4.78, 5) is 0.232. The molecule has 0 radical (unpaired) electrons. The van der Waals surface area contributed by atoms with Gasteiger partial charge in [0.1, 0.15) is 0 Å². The van der Waals surface area contributed by atoms with Crippen LogP contribution in [0.2, 0.25) is 5.02 Å². The second-order valence-corrected chi connectivity index (χ2v) is 4.68. The van der Waals surface area contributed by atoms with Gasteiger partial charge in [-0.15, -0.1) is 0 Å². The molecule has 15 heavy (non-hydrogen) atoms. The first kappa shape index (κ1) is 10.7. The van der Waals surface area contributed by atoms with Gasteiger partial charge in [-0.1, -0.05) is 70.0 Å². The summed E-state index contributed by atoms with van der Waals surface area (Å²) in [6.45, 7) is 0. The van der Waals surface area contributed by atoms with E-state index in [1.54, 1.807) is 0 Å². The third-order valence-corrected chi connectivity index (χ3v) is 3.56. The Morgan fingerprint density at radius 2 is 1.33 bits per heavy atom. The van der Waals surface area contributed by atoms with Crippen LogP contribution in [0, 0.1) is 0 Å². The molecule has 0 fully saturated rings. The number of hydrogen-bond donors (Lipinski definition) is 0. The highest BCUT2D eigenvalue weighted by Crippen LogP contribution is 2.30. The molecule has 1 atom stereocenters. The van der Waals surface area contributed by atoms with Crippen LogP contribution in [-0.4, -0.2) is 0 Å². The lowest BCUT2D eigenvalue weighted by atomic mass is 10.1. The molecule has 0 heterocycles. The molecule has 0 aliphatic heterocycles. The second-order valence-electron chi connectivity index (χ2n) is 3.32.